The molecule has 0 fully saturated rings. The fraction of sp³-hybridized carbons (Fsp3) is 0.650. The molecule has 0 saturated heterocycles. The highest BCUT2D eigenvalue weighted by molar-refractivity contribution is 5.71. The molecule has 0 bridgehead atoms. The van der Waals surface area contributed by atoms with Crippen molar-refractivity contribution in [2.24, 2.45) is 11.3 Å². The molecule has 1 unspecified atom stereocenters. The van der Waals surface area contributed by atoms with Crippen molar-refractivity contribution in [3.63, 3.8) is 0 Å². The number of esters is 1. The van der Waals surface area contributed by atoms with E-state index in [9.17, 15) is 4.79 Å². The van der Waals surface area contributed by atoms with E-state index in [1.165, 1.54) is 12.8 Å². The van der Waals surface area contributed by atoms with Gasteiger partial charge in [-0.25, -0.2) is 0 Å². The SMILES string of the molecule is CC/C=C\C1(CCCCCC(C)C(=O)OCC)C=CCC=C1. The van der Waals surface area contributed by atoms with Gasteiger partial charge in [-0.05, 0) is 32.6 Å². The molecule has 2 nitrogen and oxygen atoms in total. The number of carbonyl (C=O) groups is 1. The molecular weight excluding hydrogens is 272 g/mol. The van der Waals surface area contributed by atoms with Crippen LogP contribution in [0.5, 0.6) is 0 Å². The van der Waals surface area contributed by atoms with E-state index >= 15 is 0 Å². The van der Waals surface area contributed by atoms with Gasteiger partial charge in [-0.2, -0.15) is 0 Å². The standard InChI is InChI=1S/C20H32O2/c1-4-6-14-20(16-11-8-12-17-20)15-10-7-9-13-18(3)19(21)22-5-2/h6,11-12,14,16-18H,4-5,7-10,13,15H2,1-3H3/b14-6-. The van der Waals surface area contributed by atoms with Gasteiger partial charge in [0.15, 0.2) is 0 Å². The van der Waals surface area contributed by atoms with Crippen LogP contribution in [-0.4, -0.2) is 12.6 Å². The number of ether oxygens (including phenoxy) is 1. The lowest BCUT2D eigenvalue weighted by atomic mass is 9.79. The summed E-state index contributed by atoms with van der Waals surface area (Å²) in [5.41, 5.74) is 0.126. The fourth-order valence-electron chi connectivity index (χ4n) is 2.87. The fourth-order valence-corrected chi connectivity index (χ4v) is 2.87. The average Bonchev–Trinajstić information content (AvgIpc) is 2.53. The second-order valence-electron chi connectivity index (χ2n) is 6.22. The van der Waals surface area contributed by atoms with E-state index in [-0.39, 0.29) is 17.3 Å². The summed E-state index contributed by atoms with van der Waals surface area (Å²) in [6.45, 7) is 6.49. The first-order valence-electron chi connectivity index (χ1n) is 8.83. The number of hydrogen-bond acceptors (Lipinski definition) is 2. The van der Waals surface area contributed by atoms with Crippen LogP contribution in [0.1, 0.15) is 65.7 Å². The van der Waals surface area contributed by atoms with Gasteiger partial charge in [0.25, 0.3) is 0 Å². The van der Waals surface area contributed by atoms with Gasteiger partial charge in [0, 0.05) is 5.41 Å². The number of allylic oxidation sites excluding steroid dienone is 6. The molecule has 0 saturated carbocycles. The lowest BCUT2D eigenvalue weighted by molar-refractivity contribution is -0.147. The first kappa shape index (κ1) is 18.7. The molecule has 124 valence electrons. The number of rotatable bonds is 10. The van der Waals surface area contributed by atoms with Crippen molar-refractivity contribution in [2.45, 2.75) is 65.7 Å². The zero-order valence-electron chi connectivity index (χ0n) is 14.5. The summed E-state index contributed by atoms with van der Waals surface area (Å²) in [5.74, 6) is -0.0219. The molecule has 1 rings (SSSR count). The van der Waals surface area contributed by atoms with Crippen LogP contribution in [0.15, 0.2) is 36.5 Å². The maximum atomic E-state index is 11.6. The van der Waals surface area contributed by atoms with Crippen LogP contribution in [0.4, 0.5) is 0 Å². The molecule has 2 heteroatoms. The highest BCUT2D eigenvalue weighted by Gasteiger charge is 2.21. The molecule has 0 heterocycles. The lowest BCUT2D eigenvalue weighted by Gasteiger charge is -2.26. The van der Waals surface area contributed by atoms with Crippen molar-refractivity contribution in [3.8, 4) is 0 Å². The van der Waals surface area contributed by atoms with Gasteiger partial charge >= 0.3 is 5.97 Å². The van der Waals surface area contributed by atoms with E-state index in [1.54, 1.807) is 0 Å². The molecule has 1 atom stereocenters. The minimum atomic E-state index is -0.0528. The molecule has 0 radical (unpaired) electrons. The Hall–Kier alpha value is -1.31. The van der Waals surface area contributed by atoms with Crippen LogP contribution < -0.4 is 0 Å². The number of hydrogen-bond donors (Lipinski definition) is 0. The molecule has 0 aromatic heterocycles. The summed E-state index contributed by atoms with van der Waals surface area (Å²) in [5, 5.41) is 0. The largest absolute Gasteiger partial charge is 0.466 e. The van der Waals surface area contributed by atoms with E-state index < -0.39 is 0 Å². The van der Waals surface area contributed by atoms with Crippen LogP contribution >= 0.6 is 0 Å². The van der Waals surface area contributed by atoms with Crippen molar-refractivity contribution < 1.29 is 9.53 Å². The Labute approximate surface area is 136 Å². The number of carbonyl (C=O) groups excluding carboxylic acids is 1. The summed E-state index contributed by atoms with van der Waals surface area (Å²) >= 11 is 0. The van der Waals surface area contributed by atoms with E-state index in [1.807, 2.05) is 13.8 Å². The van der Waals surface area contributed by atoms with Crippen LogP contribution in [0, 0.1) is 11.3 Å². The smallest absolute Gasteiger partial charge is 0.308 e. The topological polar surface area (TPSA) is 26.3 Å². The molecular formula is C20H32O2. The lowest BCUT2D eigenvalue weighted by Crippen LogP contribution is -2.15. The molecule has 0 aromatic carbocycles. The van der Waals surface area contributed by atoms with Crippen molar-refractivity contribution in [1.82, 2.24) is 0 Å². The maximum absolute atomic E-state index is 11.6. The third kappa shape index (κ3) is 6.64. The molecule has 1 aliphatic rings. The summed E-state index contributed by atoms with van der Waals surface area (Å²) in [6.07, 6.45) is 21.5. The second-order valence-corrected chi connectivity index (χ2v) is 6.22. The van der Waals surface area contributed by atoms with E-state index in [4.69, 9.17) is 4.74 Å². The van der Waals surface area contributed by atoms with Gasteiger partial charge in [-0.15, -0.1) is 0 Å². The van der Waals surface area contributed by atoms with E-state index in [0.29, 0.717) is 6.61 Å². The third-order valence-electron chi connectivity index (χ3n) is 4.23. The summed E-state index contributed by atoms with van der Waals surface area (Å²) in [6, 6.07) is 0. The van der Waals surface area contributed by atoms with Gasteiger partial charge in [0.2, 0.25) is 0 Å². The Morgan fingerprint density at radius 2 is 1.95 bits per heavy atom. The van der Waals surface area contributed by atoms with Crippen LogP contribution in [0.25, 0.3) is 0 Å². The Kier molecular flexibility index (Phi) is 8.88. The first-order chi connectivity index (χ1) is 10.6. The van der Waals surface area contributed by atoms with Crippen LogP contribution in [0.3, 0.4) is 0 Å². The predicted octanol–water partition coefficient (Wildman–Crippen LogP) is 5.60. The van der Waals surface area contributed by atoms with Crippen molar-refractivity contribution in [2.75, 3.05) is 6.61 Å². The van der Waals surface area contributed by atoms with Crippen LogP contribution in [0.2, 0.25) is 0 Å². The molecule has 0 aromatic rings. The number of unbranched alkanes of at least 4 members (excludes halogenated alkanes) is 2. The average molecular weight is 304 g/mol. The van der Waals surface area contributed by atoms with Gasteiger partial charge in [0.1, 0.15) is 0 Å². The third-order valence-corrected chi connectivity index (χ3v) is 4.23. The Balaban J connectivity index is 2.31. The van der Waals surface area contributed by atoms with Crippen molar-refractivity contribution >= 4 is 5.97 Å². The van der Waals surface area contributed by atoms with E-state index in [2.05, 4.69) is 43.4 Å². The molecule has 22 heavy (non-hydrogen) atoms. The molecule has 0 aliphatic heterocycles. The van der Waals surface area contributed by atoms with Gasteiger partial charge in [-0.3, -0.25) is 4.79 Å². The molecule has 0 spiro atoms. The Morgan fingerprint density at radius 3 is 2.59 bits per heavy atom. The highest BCUT2D eigenvalue weighted by atomic mass is 16.5. The predicted molar refractivity (Wildman–Crippen MR) is 93.6 cm³/mol. The minimum absolute atomic E-state index is 0.0309. The zero-order chi connectivity index (χ0) is 16.3. The molecule has 0 amide bonds. The second kappa shape index (κ2) is 10.4. The van der Waals surface area contributed by atoms with Gasteiger partial charge < -0.3 is 4.74 Å². The molecule has 1 aliphatic carbocycles. The normalized spacial score (nSPS) is 17.8. The van der Waals surface area contributed by atoms with Gasteiger partial charge in [0.05, 0.1) is 12.5 Å². The molecule has 0 N–H and O–H groups in total. The van der Waals surface area contributed by atoms with Crippen molar-refractivity contribution in [3.05, 3.63) is 36.5 Å². The quantitative estimate of drug-likeness (QED) is 0.298. The summed E-state index contributed by atoms with van der Waals surface area (Å²) < 4.78 is 5.05. The Morgan fingerprint density at radius 1 is 1.23 bits per heavy atom. The maximum Gasteiger partial charge on any atom is 0.308 e. The minimum Gasteiger partial charge on any atom is -0.466 e. The summed E-state index contributed by atoms with van der Waals surface area (Å²) in [4.78, 5) is 11.6. The Bertz CT molecular complexity index is 392. The first-order valence-corrected chi connectivity index (χ1v) is 8.83. The van der Waals surface area contributed by atoms with Gasteiger partial charge in [-0.1, -0.05) is 69.6 Å². The van der Waals surface area contributed by atoms with E-state index in [0.717, 1.165) is 32.1 Å². The zero-order valence-corrected chi connectivity index (χ0v) is 14.5. The van der Waals surface area contributed by atoms with Crippen molar-refractivity contribution in [1.29, 1.82) is 0 Å². The monoisotopic (exact) mass is 304 g/mol. The summed E-state index contributed by atoms with van der Waals surface area (Å²) in [7, 11) is 0. The van der Waals surface area contributed by atoms with Crippen LogP contribution in [-0.2, 0) is 9.53 Å². The highest BCUT2D eigenvalue weighted by Crippen LogP contribution is 2.33.